The summed E-state index contributed by atoms with van der Waals surface area (Å²) >= 11 is 0. The van der Waals surface area contributed by atoms with Crippen molar-refractivity contribution in [3.63, 3.8) is 0 Å². The monoisotopic (exact) mass is 333 g/mol. The number of nitrogens with one attached hydrogen (secondary N) is 1. The second kappa shape index (κ2) is 5.77. The number of amides is 1. The van der Waals surface area contributed by atoms with Gasteiger partial charge in [-0.25, -0.2) is 12.8 Å². The highest BCUT2D eigenvalue weighted by atomic mass is 32.2. The zero-order chi connectivity index (χ0) is 16.6. The van der Waals surface area contributed by atoms with Crippen molar-refractivity contribution in [1.82, 2.24) is 0 Å². The molecule has 0 spiro atoms. The topological polar surface area (TPSA) is 63.2 Å². The fourth-order valence-corrected chi connectivity index (χ4v) is 3.26. The Balaban J connectivity index is 1.66. The van der Waals surface area contributed by atoms with Crippen molar-refractivity contribution in [3.05, 3.63) is 59.9 Å². The second-order valence-electron chi connectivity index (χ2n) is 5.76. The lowest BCUT2D eigenvalue weighted by atomic mass is 10.1. The van der Waals surface area contributed by atoms with Crippen molar-refractivity contribution in [1.29, 1.82) is 0 Å². The van der Waals surface area contributed by atoms with Gasteiger partial charge in [0.15, 0.2) is 9.84 Å². The Morgan fingerprint density at radius 2 is 1.78 bits per heavy atom. The standard InChI is InChI=1S/C17H16FNO3S/c1-23(21,22)12-8-6-11(7-9-12)19-17(20)15-10-14(15)13-4-2-3-5-16(13)18/h2-9,14-15H,10H2,1H3,(H,19,20). The third kappa shape index (κ3) is 3.42. The molecule has 1 amide bonds. The van der Waals surface area contributed by atoms with Gasteiger partial charge in [-0.3, -0.25) is 4.79 Å². The van der Waals surface area contributed by atoms with Crippen molar-refractivity contribution in [2.45, 2.75) is 17.2 Å². The van der Waals surface area contributed by atoms with Gasteiger partial charge in [-0.1, -0.05) is 18.2 Å². The van der Waals surface area contributed by atoms with Gasteiger partial charge in [0, 0.05) is 17.9 Å². The molecule has 3 rings (SSSR count). The molecule has 1 saturated carbocycles. The minimum Gasteiger partial charge on any atom is -0.326 e. The van der Waals surface area contributed by atoms with Gasteiger partial charge in [0.25, 0.3) is 0 Å². The largest absolute Gasteiger partial charge is 0.326 e. The maximum Gasteiger partial charge on any atom is 0.228 e. The smallest absolute Gasteiger partial charge is 0.228 e. The predicted octanol–water partition coefficient (Wildman–Crippen LogP) is 2.97. The van der Waals surface area contributed by atoms with E-state index in [2.05, 4.69) is 5.32 Å². The van der Waals surface area contributed by atoms with Gasteiger partial charge in [0.05, 0.1) is 4.90 Å². The molecule has 6 heteroatoms. The molecule has 0 aromatic heterocycles. The highest BCUT2D eigenvalue weighted by Gasteiger charge is 2.45. The van der Waals surface area contributed by atoms with Crippen LogP contribution < -0.4 is 5.32 Å². The van der Waals surface area contributed by atoms with Crippen LogP contribution in [0.15, 0.2) is 53.4 Å². The van der Waals surface area contributed by atoms with Crippen LogP contribution in [-0.2, 0) is 14.6 Å². The van der Waals surface area contributed by atoms with Crippen LogP contribution in [0.25, 0.3) is 0 Å². The first-order valence-electron chi connectivity index (χ1n) is 7.21. The summed E-state index contributed by atoms with van der Waals surface area (Å²) in [7, 11) is -3.26. The minimum absolute atomic E-state index is 0.0912. The van der Waals surface area contributed by atoms with E-state index in [4.69, 9.17) is 0 Å². The highest BCUT2D eigenvalue weighted by molar-refractivity contribution is 7.90. The van der Waals surface area contributed by atoms with Crippen LogP contribution in [0.1, 0.15) is 17.9 Å². The quantitative estimate of drug-likeness (QED) is 0.935. The third-order valence-corrected chi connectivity index (χ3v) is 5.11. The van der Waals surface area contributed by atoms with Crippen molar-refractivity contribution < 1.29 is 17.6 Å². The Kier molecular flexibility index (Phi) is 3.93. The number of rotatable bonds is 4. The van der Waals surface area contributed by atoms with Crippen molar-refractivity contribution in [3.8, 4) is 0 Å². The first kappa shape index (κ1) is 15.7. The van der Waals surface area contributed by atoms with E-state index in [1.54, 1.807) is 30.3 Å². The Morgan fingerprint density at radius 3 is 2.39 bits per heavy atom. The predicted molar refractivity (Wildman–Crippen MR) is 85.4 cm³/mol. The Hall–Kier alpha value is -2.21. The van der Waals surface area contributed by atoms with E-state index in [1.807, 2.05) is 0 Å². The summed E-state index contributed by atoms with van der Waals surface area (Å²) in [4.78, 5) is 12.4. The van der Waals surface area contributed by atoms with Crippen LogP contribution in [0, 0.1) is 11.7 Å². The average Bonchev–Trinajstić information content (AvgIpc) is 3.28. The maximum absolute atomic E-state index is 13.7. The van der Waals surface area contributed by atoms with Gasteiger partial charge >= 0.3 is 0 Å². The van der Waals surface area contributed by atoms with Gasteiger partial charge < -0.3 is 5.32 Å². The van der Waals surface area contributed by atoms with E-state index in [1.165, 1.54) is 18.2 Å². The first-order chi connectivity index (χ1) is 10.9. The summed E-state index contributed by atoms with van der Waals surface area (Å²) in [5.74, 6) is -0.802. The Bertz CT molecular complexity index is 846. The molecule has 1 N–H and O–H groups in total. The summed E-state index contributed by atoms with van der Waals surface area (Å²) < 4.78 is 36.5. The van der Waals surface area contributed by atoms with Crippen molar-refractivity contribution >= 4 is 21.4 Å². The normalized spacial score (nSPS) is 20.1. The zero-order valence-electron chi connectivity index (χ0n) is 12.5. The molecule has 1 aliphatic carbocycles. The molecule has 120 valence electrons. The molecule has 2 unspecified atom stereocenters. The molecule has 0 aliphatic heterocycles. The van der Waals surface area contributed by atoms with Crippen LogP contribution in [0.2, 0.25) is 0 Å². The summed E-state index contributed by atoms with van der Waals surface area (Å²) in [6.07, 6.45) is 1.75. The van der Waals surface area contributed by atoms with E-state index in [-0.39, 0.29) is 28.5 Å². The molecule has 0 radical (unpaired) electrons. The Morgan fingerprint density at radius 1 is 1.13 bits per heavy atom. The van der Waals surface area contributed by atoms with Crippen LogP contribution in [0.5, 0.6) is 0 Å². The number of hydrogen-bond donors (Lipinski definition) is 1. The number of anilines is 1. The van der Waals surface area contributed by atoms with E-state index in [0.717, 1.165) is 6.26 Å². The molecular formula is C17H16FNO3S. The molecule has 23 heavy (non-hydrogen) atoms. The zero-order valence-corrected chi connectivity index (χ0v) is 13.3. The molecule has 2 atom stereocenters. The summed E-state index contributed by atoms with van der Waals surface area (Å²) in [6, 6.07) is 12.5. The van der Waals surface area contributed by atoms with Crippen molar-refractivity contribution in [2.75, 3.05) is 11.6 Å². The third-order valence-electron chi connectivity index (χ3n) is 3.98. The molecule has 4 nitrogen and oxygen atoms in total. The Labute approximate surface area is 134 Å². The highest BCUT2D eigenvalue weighted by Crippen LogP contribution is 2.48. The van der Waals surface area contributed by atoms with Crippen LogP contribution in [-0.4, -0.2) is 20.6 Å². The lowest BCUT2D eigenvalue weighted by Gasteiger charge is -2.06. The molecule has 2 aromatic carbocycles. The van der Waals surface area contributed by atoms with Gasteiger partial charge in [-0.2, -0.15) is 0 Å². The summed E-state index contributed by atoms with van der Waals surface area (Å²) in [5.41, 5.74) is 1.10. The number of sulfone groups is 1. The van der Waals surface area contributed by atoms with Gasteiger partial charge in [0.1, 0.15) is 5.82 Å². The molecule has 2 aromatic rings. The molecule has 0 saturated heterocycles. The number of carbonyl (C=O) groups is 1. The maximum atomic E-state index is 13.7. The lowest BCUT2D eigenvalue weighted by Crippen LogP contribution is -2.14. The number of halogens is 1. The summed E-state index contributed by atoms with van der Waals surface area (Å²) in [6.45, 7) is 0. The van der Waals surface area contributed by atoms with E-state index in [0.29, 0.717) is 17.7 Å². The SMILES string of the molecule is CS(=O)(=O)c1ccc(NC(=O)C2CC2c2ccccc2F)cc1. The van der Waals surface area contributed by atoms with E-state index < -0.39 is 9.84 Å². The number of carbonyl (C=O) groups excluding carboxylic acids is 1. The average molecular weight is 333 g/mol. The molecule has 0 heterocycles. The first-order valence-corrected chi connectivity index (χ1v) is 9.11. The van der Waals surface area contributed by atoms with Crippen LogP contribution in [0.3, 0.4) is 0 Å². The van der Waals surface area contributed by atoms with Gasteiger partial charge in [0.2, 0.25) is 5.91 Å². The van der Waals surface area contributed by atoms with Gasteiger partial charge in [-0.15, -0.1) is 0 Å². The van der Waals surface area contributed by atoms with Crippen LogP contribution >= 0.6 is 0 Å². The molecule has 1 fully saturated rings. The second-order valence-corrected chi connectivity index (χ2v) is 7.77. The molecule has 0 bridgehead atoms. The number of hydrogen-bond acceptors (Lipinski definition) is 3. The molecular weight excluding hydrogens is 317 g/mol. The van der Waals surface area contributed by atoms with E-state index >= 15 is 0 Å². The van der Waals surface area contributed by atoms with Crippen molar-refractivity contribution in [2.24, 2.45) is 5.92 Å². The lowest BCUT2D eigenvalue weighted by molar-refractivity contribution is -0.117. The fourth-order valence-electron chi connectivity index (χ4n) is 2.62. The minimum atomic E-state index is -3.26. The van der Waals surface area contributed by atoms with Crippen LogP contribution in [0.4, 0.5) is 10.1 Å². The fraction of sp³-hybridized carbons (Fsp3) is 0.235. The number of benzene rings is 2. The molecule has 1 aliphatic rings. The van der Waals surface area contributed by atoms with E-state index in [9.17, 15) is 17.6 Å². The van der Waals surface area contributed by atoms with Gasteiger partial charge in [-0.05, 0) is 48.2 Å². The summed E-state index contributed by atoms with van der Waals surface area (Å²) in [5, 5.41) is 2.75.